The molecule has 174 valence electrons. The van der Waals surface area contributed by atoms with Crippen molar-refractivity contribution in [2.45, 2.75) is 54.9 Å². The average Bonchev–Trinajstić information content (AvgIpc) is 2.79. The van der Waals surface area contributed by atoms with E-state index in [4.69, 9.17) is 4.74 Å². The third kappa shape index (κ3) is 5.31. The minimum atomic E-state index is -4.09. The zero-order valence-electron chi connectivity index (χ0n) is 18.2. The smallest absolute Gasteiger partial charge is 0.338 e. The number of para-hydroxylation sites is 1. The quantitative estimate of drug-likeness (QED) is 0.578. The first-order chi connectivity index (χ1) is 15.2. The summed E-state index contributed by atoms with van der Waals surface area (Å²) in [6.45, 7) is 1.89. The molecular formula is C22H28N2O6S2. The number of benzene rings is 2. The van der Waals surface area contributed by atoms with Crippen LogP contribution in [0.1, 0.15) is 49.4 Å². The molecule has 1 saturated carbocycles. The highest BCUT2D eigenvalue weighted by atomic mass is 32.2. The summed E-state index contributed by atoms with van der Waals surface area (Å²) in [6.07, 6.45) is 4.61. The van der Waals surface area contributed by atoms with Crippen LogP contribution in [0.3, 0.4) is 0 Å². The van der Waals surface area contributed by atoms with Gasteiger partial charge in [0.25, 0.3) is 10.0 Å². The maximum atomic E-state index is 13.3. The van der Waals surface area contributed by atoms with Gasteiger partial charge in [-0.1, -0.05) is 31.4 Å². The normalized spacial score (nSPS) is 15.5. The predicted molar refractivity (Wildman–Crippen MR) is 121 cm³/mol. The van der Waals surface area contributed by atoms with Crippen molar-refractivity contribution >= 4 is 31.7 Å². The van der Waals surface area contributed by atoms with Gasteiger partial charge < -0.3 is 4.74 Å². The van der Waals surface area contributed by atoms with Crippen LogP contribution in [0.25, 0.3) is 0 Å². The van der Waals surface area contributed by atoms with Crippen LogP contribution in [0.5, 0.6) is 0 Å². The molecule has 32 heavy (non-hydrogen) atoms. The Morgan fingerprint density at radius 2 is 1.62 bits per heavy atom. The van der Waals surface area contributed by atoms with Crippen molar-refractivity contribution in [2.24, 2.45) is 0 Å². The van der Waals surface area contributed by atoms with Crippen LogP contribution in [0, 0.1) is 0 Å². The molecule has 3 rings (SSSR count). The molecule has 8 nitrogen and oxygen atoms in total. The number of hydrogen-bond donors (Lipinski definition) is 1. The first-order valence-electron chi connectivity index (χ1n) is 10.5. The number of carbonyl (C=O) groups is 1. The Labute approximate surface area is 189 Å². The highest BCUT2D eigenvalue weighted by molar-refractivity contribution is 7.93. The molecule has 1 N–H and O–H groups in total. The van der Waals surface area contributed by atoms with E-state index < -0.39 is 26.0 Å². The molecule has 1 aliphatic carbocycles. The van der Waals surface area contributed by atoms with Crippen molar-refractivity contribution in [3.05, 3.63) is 54.1 Å². The van der Waals surface area contributed by atoms with Gasteiger partial charge in [-0.05, 0) is 56.2 Å². The van der Waals surface area contributed by atoms with E-state index in [0.29, 0.717) is 0 Å². The SMILES string of the molecule is CCOC(=O)c1ccc(S(=O)(=O)Nc2ccccc2S(=O)(=O)N(C)C2CCCCC2)cc1. The van der Waals surface area contributed by atoms with E-state index in [9.17, 15) is 21.6 Å². The Hall–Kier alpha value is -2.43. The average molecular weight is 481 g/mol. The van der Waals surface area contributed by atoms with Crippen molar-refractivity contribution in [3.8, 4) is 0 Å². The maximum Gasteiger partial charge on any atom is 0.338 e. The van der Waals surface area contributed by atoms with E-state index in [1.165, 1.54) is 40.7 Å². The van der Waals surface area contributed by atoms with Crippen molar-refractivity contribution in [3.63, 3.8) is 0 Å². The Bertz CT molecular complexity index is 1160. The maximum absolute atomic E-state index is 13.3. The van der Waals surface area contributed by atoms with E-state index in [0.717, 1.165) is 32.1 Å². The number of hydrogen-bond acceptors (Lipinski definition) is 6. The standard InChI is InChI=1S/C22H28N2O6S2/c1-3-30-22(25)17-13-15-19(16-14-17)31(26,27)23-20-11-7-8-12-21(20)32(28,29)24(2)18-9-5-4-6-10-18/h7-8,11-16,18,23H,3-6,9-10H2,1-2H3. The van der Waals surface area contributed by atoms with Crippen LogP contribution in [0.2, 0.25) is 0 Å². The molecule has 0 spiro atoms. The molecular weight excluding hydrogens is 452 g/mol. The monoisotopic (exact) mass is 480 g/mol. The lowest BCUT2D eigenvalue weighted by Crippen LogP contribution is -2.38. The van der Waals surface area contributed by atoms with Crippen LogP contribution in [-0.4, -0.2) is 46.8 Å². The fraction of sp³-hybridized carbons (Fsp3) is 0.409. The molecule has 0 unspecified atom stereocenters. The van der Waals surface area contributed by atoms with E-state index in [-0.39, 0.29) is 33.7 Å². The van der Waals surface area contributed by atoms with Crippen LogP contribution < -0.4 is 4.72 Å². The number of esters is 1. The number of ether oxygens (including phenoxy) is 1. The van der Waals surface area contributed by atoms with E-state index in [1.807, 2.05) is 0 Å². The van der Waals surface area contributed by atoms with Gasteiger partial charge in [0, 0.05) is 13.1 Å². The lowest BCUT2D eigenvalue weighted by molar-refractivity contribution is 0.0526. The lowest BCUT2D eigenvalue weighted by Gasteiger charge is -2.31. The fourth-order valence-electron chi connectivity index (χ4n) is 3.76. The van der Waals surface area contributed by atoms with Crippen molar-refractivity contribution < 1.29 is 26.4 Å². The second kappa shape index (κ2) is 10.0. The molecule has 10 heteroatoms. The summed E-state index contributed by atoms with van der Waals surface area (Å²) in [4.78, 5) is 11.6. The highest BCUT2D eigenvalue weighted by Crippen LogP contribution is 2.31. The third-order valence-corrected chi connectivity index (χ3v) is 8.90. The number of sulfonamides is 2. The molecule has 0 amide bonds. The fourth-order valence-corrected chi connectivity index (χ4v) is 6.47. The van der Waals surface area contributed by atoms with Crippen molar-refractivity contribution in [2.75, 3.05) is 18.4 Å². The summed E-state index contributed by atoms with van der Waals surface area (Å²) in [6, 6.07) is 11.1. The van der Waals surface area contributed by atoms with Crippen LogP contribution >= 0.6 is 0 Å². The van der Waals surface area contributed by atoms with E-state index in [1.54, 1.807) is 26.1 Å². The molecule has 0 atom stereocenters. The lowest BCUT2D eigenvalue weighted by atomic mass is 9.96. The largest absolute Gasteiger partial charge is 0.462 e. The Morgan fingerprint density at radius 3 is 2.25 bits per heavy atom. The molecule has 1 fully saturated rings. The van der Waals surface area contributed by atoms with Gasteiger partial charge in [-0.2, -0.15) is 4.31 Å². The minimum Gasteiger partial charge on any atom is -0.462 e. The summed E-state index contributed by atoms with van der Waals surface area (Å²) < 4.78 is 61.1. The number of nitrogens with one attached hydrogen (secondary N) is 1. The van der Waals surface area contributed by atoms with Gasteiger partial charge in [0.15, 0.2) is 0 Å². The highest BCUT2D eigenvalue weighted by Gasteiger charge is 2.31. The number of anilines is 1. The summed E-state index contributed by atoms with van der Waals surface area (Å²) in [7, 11) is -6.44. The molecule has 0 aliphatic heterocycles. The third-order valence-electron chi connectivity index (χ3n) is 5.55. The Morgan fingerprint density at radius 1 is 1.00 bits per heavy atom. The van der Waals surface area contributed by atoms with Crippen LogP contribution in [0.15, 0.2) is 58.3 Å². The number of nitrogens with zero attached hydrogens (tertiary/aromatic N) is 1. The topological polar surface area (TPSA) is 110 Å². The Kier molecular flexibility index (Phi) is 7.58. The number of carbonyl (C=O) groups excluding carboxylic acids is 1. The molecule has 2 aromatic carbocycles. The van der Waals surface area contributed by atoms with E-state index in [2.05, 4.69) is 4.72 Å². The van der Waals surface area contributed by atoms with Crippen molar-refractivity contribution in [1.82, 2.24) is 4.31 Å². The second-order valence-electron chi connectivity index (χ2n) is 7.66. The van der Waals surface area contributed by atoms with Crippen molar-refractivity contribution in [1.29, 1.82) is 0 Å². The summed E-state index contributed by atoms with van der Waals surface area (Å²) in [5.74, 6) is -0.549. The zero-order chi connectivity index (χ0) is 23.4. The Balaban J connectivity index is 1.87. The van der Waals surface area contributed by atoms with Gasteiger partial charge in [0.05, 0.1) is 22.8 Å². The first-order valence-corrected chi connectivity index (χ1v) is 13.5. The zero-order valence-corrected chi connectivity index (χ0v) is 19.8. The van der Waals surface area contributed by atoms with E-state index >= 15 is 0 Å². The molecule has 0 radical (unpaired) electrons. The predicted octanol–water partition coefficient (Wildman–Crippen LogP) is 3.62. The molecule has 0 heterocycles. The summed E-state index contributed by atoms with van der Waals surface area (Å²) in [5.41, 5.74) is 0.201. The summed E-state index contributed by atoms with van der Waals surface area (Å²) in [5, 5.41) is 0. The molecule has 1 aliphatic rings. The molecule has 0 saturated heterocycles. The van der Waals surface area contributed by atoms with Gasteiger partial charge in [-0.15, -0.1) is 0 Å². The molecule has 0 bridgehead atoms. The van der Waals surface area contributed by atoms with Gasteiger partial charge in [-0.25, -0.2) is 21.6 Å². The van der Waals surface area contributed by atoms with Gasteiger partial charge in [-0.3, -0.25) is 4.72 Å². The van der Waals surface area contributed by atoms with Gasteiger partial charge in [0.1, 0.15) is 4.90 Å². The van der Waals surface area contributed by atoms with Crippen LogP contribution in [0.4, 0.5) is 5.69 Å². The molecule has 0 aromatic heterocycles. The van der Waals surface area contributed by atoms with Gasteiger partial charge >= 0.3 is 5.97 Å². The number of rotatable bonds is 8. The second-order valence-corrected chi connectivity index (χ2v) is 11.3. The molecule has 2 aromatic rings. The van der Waals surface area contributed by atoms with Crippen LogP contribution in [-0.2, 0) is 24.8 Å². The summed E-state index contributed by atoms with van der Waals surface area (Å²) >= 11 is 0. The minimum absolute atomic E-state index is 0.0235. The first kappa shape index (κ1) is 24.2. The van der Waals surface area contributed by atoms with Gasteiger partial charge in [0.2, 0.25) is 10.0 Å².